The van der Waals surface area contributed by atoms with Gasteiger partial charge in [0, 0.05) is 17.3 Å². The van der Waals surface area contributed by atoms with E-state index in [-0.39, 0.29) is 5.91 Å². The highest BCUT2D eigenvalue weighted by Crippen LogP contribution is 2.53. The van der Waals surface area contributed by atoms with Crippen molar-refractivity contribution in [3.8, 4) is 23.0 Å². The van der Waals surface area contributed by atoms with E-state index >= 15 is 0 Å². The minimum absolute atomic E-state index is 0.296. The van der Waals surface area contributed by atoms with Crippen LogP contribution < -0.4 is 34.5 Å². The number of methoxy groups -OCH3 is 3. The average molecular weight is 518 g/mol. The molecule has 0 saturated carbocycles. The zero-order valence-electron chi connectivity index (χ0n) is 22.2. The molecule has 0 aliphatic carbocycles. The van der Waals surface area contributed by atoms with Crippen LogP contribution in [0.1, 0.15) is 29.7 Å². The Morgan fingerprint density at radius 2 is 1.76 bits per heavy atom. The monoisotopic (exact) mass is 517 g/mol. The Morgan fingerprint density at radius 3 is 2.45 bits per heavy atom. The molecule has 198 valence electrons. The quantitative estimate of drug-likeness (QED) is 0.480. The Bertz CT molecular complexity index is 1420. The fraction of sp³-hybridized carbons (Fsp3) is 0.310. The number of carbonyl (C=O) groups excluding carboxylic acids is 2. The van der Waals surface area contributed by atoms with Gasteiger partial charge in [0.15, 0.2) is 11.5 Å². The molecular formula is C29H31N3O6. The van der Waals surface area contributed by atoms with Gasteiger partial charge < -0.3 is 29.6 Å². The predicted octanol–water partition coefficient (Wildman–Crippen LogP) is 4.96. The van der Waals surface area contributed by atoms with Crippen molar-refractivity contribution < 1.29 is 28.5 Å². The number of fused-ring (bicyclic) bond motifs is 4. The molecule has 3 aromatic carbocycles. The molecule has 38 heavy (non-hydrogen) atoms. The van der Waals surface area contributed by atoms with Crippen LogP contribution in [0.5, 0.6) is 23.0 Å². The largest absolute Gasteiger partial charge is 0.497 e. The molecule has 2 aliphatic heterocycles. The smallest absolute Gasteiger partial charge is 0.325 e. The Labute approximate surface area is 221 Å². The zero-order chi connectivity index (χ0) is 27.2. The summed E-state index contributed by atoms with van der Waals surface area (Å²) in [6.45, 7) is 5.68. The van der Waals surface area contributed by atoms with Gasteiger partial charge in [-0.25, -0.2) is 4.79 Å². The van der Waals surface area contributed by atoms with Gasteiger partial charge in [0.25, 0.3) is 0 Å². The van der Waals surface area contributed by atoms with Crippen molar-refractivity contribution in [2.45, 2.75) is 32.5 Å². The van der Waals surface area contributed by atoms with E-state index < -0.39 is 23.7 Å². The third-order valence-electron chi connectivity index (χ3n) is 7.26. The maximum atomic E-state index is 14.1. The van der Waals surface area contributed by atoms with Gasteiger partial charge in [-0.15, -0.1) is 0 Å². The van der Waals surface area contributed by atoms with Crippen LogP contribution >= 0.6 is 0 Å². The van der Waals surface area contributed by atoms with E-state index in [1.807, 2.05) is 44.2 Å². The van der Waals surface area contributed by atoms with Crippen LogP contribution in [0.15, 0.2) is 54.6 Å². The normalized spacial score (nSPS) is 21.5. The van der Waals surface area contributed by atoms with Gasteiger partial charge in [0.1, 0.15) is 17.4 Å². The van der Waals surface area contributed by atoms with Gasteiger partial charge in [-0.2, -0.15) is 0 Å². The second-order valence-corrected chi connectivity index (χ2v) is 9.62. The van der Waals surface area contributed by atoms with E-state index in [0.717, 1.165) is 11.1 Å². The minimum Gasteiger partial charge on any atom is -0.497 e. The summed E-state index contributed by atoms with van der Waals surface area (Å²) in [4.78, 5) is 29.2. The molecule has 3 aromatic rings. The van der Waals surface area contributed by atoms with Gasteiger partial charge in [-0.3, -0.25) is 9.69 Å². The molecule has 1 saturated heterocycles. The van der Waals surface area contributed by atoms with Crippen LogP contribution in [0.3, 0.4) is 0 Å². The highest BCUT2D eigenvalue weighted by Gasteiger charge is 2.61. The van der Waals surface area contributed by atoms with Crippen molar-refractivity contribution in [2.75, 3.05) is 31.5 Å². The highest BCUT2D eigenvalue weighted by atomic mass is 16.5. The third kappa shape index (κ3) is 3.95. The fourth-order valence-corrected chi connectivity index (χ4v) is 5.43. The summed E-state index contributed by atoms with van der Waals surface area (Å²) >= 11 is 0. The van der Waals surface area contributed by atoms with Crippen LogP contribution in [-0.4, -0.2) is 39.0 Å². The molecule has 1 fully saturated rings. The summed E-state index contributed by atoms with van der Waals surface area (Å²) in [5.41, 5.74) is 2.37. The van der Waals surface area contributed by atoms with Crippen LogP contribution in [-0.2, 0) is 4.79 Å². The van der Waals surface area contributed by atoms with Crippen molar-refractivity contribution in [3.05, 3.63) is 71.3 Å². The number of rotatable bonds is 6. The number of hydrogen-bond donors (Lipinski definition) is 2. The van der Waals surface area contributed by atoms with Crippen molar-refractivity contribution >= 4 is 23.3 Å². The molecular weight excluding hydrogens is 486 g/mol. The van der Waals surface area contributed by atoms with Gasteiger partial charge in [-0.1, -0.05) is 29.8 Å². The van der Waals surface area contributed by atoms with Gasteiger partial charge in [-0.05, 0) is 50.6 Å². The Morgan fingerprint density at radius 1 is 1.00 bits per heavy atom. The molecule has 0 unspecified atom stereocenters. The number of urea groups is 1. The van der Waals surface area contributed by atoms with Gasteiger partial charge in [0.2, 0.25) is 11.6 Å². The van der Waals surface area contributed by atoms with Crippen molar-refractivity contribution in [1.82, 2.24) is 5.32 Å². The number of amides is 3. The van der Waals surface area contributed by atoms with E-state index in [9.17, 15) is 9.59 Å². The lowest BCUT2D eigenvalue weighted by atomic mass is 9.78. The van der Waals surface area contributed by atoms with Crippen molar-refractivity contribution in [1.29, 1.82) is 0 Å². The molecule has 0 spiro atoms. The number of hydrogen-bond acceptors (Lipinski definition) is 6. The van der Waals surface area contributed by atoms with Crippen LogP contribution in [0.2, 0.25) is 0 Å². The third-order valence-corrected chi connectivity index (χ3v) is 7.26. The maximum absolute atomic E-state index is 14.1. The topological polar surface area (TPSA) is 98.4 Å². The molecule has 5 rings (SSSR count). The minimum atomic E-state index is -1.45. The van der Waals surface area contributed by atoms with Crippen LogP contribution in [0, 0.1) is 19.8 Å². The molecule has 2 aliphatic rings. The second-order valence-electron chi connectivity index (χ2n) is 9.62. The number of aryl methyl sites for hydroxylation is 2. The molecule has 9 heteroatoms. The number of anilines is 2. The Kier molecular flexibility index (Phi) is 6.30. The second kappa shape index (κ2) is 9.48. The van der Waals surface area contributed by atoms with Gasteiger partial charge >= 0.3 is 6.03 Å². The molecule has 0 aromatic heterocycles. The lowest BCUT2D eigenvalue weighted by Crippen LogP contribution is -2.72. The molecule has 9 nitrogen and oxygen atoms in total. The summed E-state index contributed by atoms with van der Waals surface area (Å²) in [7, 11) is 4.61. The van der Waals surface area contributed by atoms with Crippen molar-refractivity contribution in [3.63, 3.8) is 0 Å². The summed E-state index contributed by atoms with van der Waals surface area (Å²) in [5, 5.41) is 6.13. The Balaban J connectivity index is 1.67. The van der Waals surface area contributed by atoms with E-state index in [1.54, 1.807) is 45.4 Å². The number of benzene rings is 3. The number of ether oxygens (including phenoxy) is 4. The molecule has 2 heterocycles. The first-order chi connectivity index (χ1) is 18.2. The number of carbonyl (C=O) groups is 2. The van der Waals surface area contributed by atoms with E-state index in [4.69, 9.17) is 18.9 Å². The molecule has 2 bridgehead atoms. The van der Waals surface area contributed by atoms with E-state index in [0.29, 0.717) is 39.9 Å². The summed E-state index contributed by atoms with van der Waals surface area (Å²) in [5.74, 6) is 0.789. The first-order valence-electron chi connectivity index (χ1n) is 12.3. The molecule has 3 amide bonds. The highest BCUT2D eigenvalue weighted by molar-refractivity contribution is 6.02. The van der Waals surface area contributed by atoms with Gasteiger partial charge in [0.05, 0.1) is 33.1 Å². The summed E-state index contributed by atoms with van der Waals surface area (Å²) < 4.78 is 23.2. The summed E-state index contributed by atoms with van der Waals surface area (Å²) in [6.07, 6.45) is 0. The maximum Gasteiger partial charge on any atom is 0.325 e. The molecule has 2 N–H and O–H groups in total. The SMILES string of the molecule is COc1ccc(N2C(=O)N[C@@H]3c4cccc(OC)c4O[C@@]2(C)[C@@H]3C(=O)Nc2ccc(C)cc2C)c(OC)c1. The standard InChI is InChI=1S/C29H31N3O6/c1-16-10-12-20(17(2)14-16)30-27(33)24-25-19-8-7-9-22(36-5)26(19)38-29(24,3)32(28(34)31-25)21-13-11-18(35-4)15-23(21)37-6/h7-15,24-25H,1-6H3,(H,30,33)(H,31,34)/t24-,25+,29-/m0/s1. The lowest BCUT2D eigenvalue weighted by Gasteiger charge is -2.54. The lowest BCUT2D eigenvalue weighted by molar-refractivity contribution is -0.131. The average Bonchev–Trinajstić information content (AvgIpc) is 2.89. The predicted molar refractivity (Wildman–Crippen MR) is 143 cm³/mol. The Hall–Kier alpha value is -4.40. The van der Waals surface area contributed by atoms with Crippen LogP contribution in [0.4, 0.5) is 16.2 Å². The summed E-state index contributed by atoms with van der Waals surface area (Å²) in [6, 6.07) is 15.3. The number of nitrogens with one attached hydrogen (secondary N) is 2. The first kappa shape index (κ1) is 25.3. The number of para-hydroxylation sites is 1. The fourth-order valence-electron chi connectivity index (χ4n) is 5.43. The molecule has 3 atom stereocenters. The number of nitrogens with zero attached hydrogens (tertiary/aromatic N) is 1. The van der Waals surface area contributed by atoms with E-state index in [2.05, 4.69) is 10.6 Å². The van der Waals surface area contributed by atoms with Crippen LogP contribution in [0.25, 0.3) is 0 Å². The van der Waals surface area contributed by atoms with E-state index in [1.165, 1.54) is 12.0 Å². The van der Waals surface area contributed by atoms with Crippen molar-refractivity contribution in [2.24, 2.45) is 5.92 Å². The first-order valence-corrected chi connectivity index (χ1v) is 12.3. The molecule has 0 radical (unpaired) electrons. The zero-order valence-corrected chi connectivity index (χ0v) is 22.2.